The average Bonchev–Trinajstić information content (AvgIpc) is 3.49. The van der Waals surface area contributed by atoms with E-state index in [4.69, 9.17) is 25.1 Å². The Morgan fingerprint density at radius 2 is 1.80 bits per heavy atom. The van der Waals surface area contributed by atoms with Crippen molar-refractivity contribution in [1.82, 2.24) is 36.8 Å². The number of nitrogens with zero attached hydrogens (tertiary/aromatic N) is 2. The number of guanidine groups is 1. The maximum absolute atomic E-state index is 12.9. The molecule has 2 fully saturated rings. The minimum atomic E-state index is -1.76. The summed E-state index contributed by atoms with van der Waals surface area (Å²) in [6.45, 7) is 0.289. The predicted molar refractivity (Wildman–Crippen MR) is 164 cm³/mol. The summed E-state index contributed by atoms with van der Waals surface area (Å²) in [5, 5.41) is 55.7. The number of nitrogens with two attached hydrogens (primary N) is 1. The van der Waals surface area contributed by atoms with Crippen LogP contribution in [-0.2, 0) is 43.0 Å². The predicted octanol–water partition coefficient (Wildman–Crippen LogP) is -7.40. The lowest BCUT2D eigenvalue weighted by Crippen LogP contribution is -2.70. The number of carboxylic acid groups (broad SMARTS) is 1. The van der Waals surface area contributed by atoms with Gasteiger partial charge in [-0.15, -0.1) is 0 Å². The van der Waals surface area contributed by atoms with Crippen molar-refractivity contribution < 1.29 is 68.2 Å². The fourth-order valence-electron chi connectivity index (χ4n) is 5.28. The van der Waals surface area contributed by atoms with Crippen LogP contribution in [0.5, 0.6) is 0 Å². The molecule has 0 aromatic heterocycles. The van der Waals surface area contributed by atoms with Crippen LogP contribution >= 0.6 is 0 Å². The number of rotatable bonds is 14. The number of aliphatic carboxylic acids is 1. The molecule has 3 heterocycles. The molecule has 0 bridgehead atoms. The van der Waals surface area contributed by atoms with Gasteiger partial charge in [0.25, 0.3) is 0 Å². The molecule has 280 valence electrons. The number of carbonyl (C=O) groups is 7. The monoisotopic (exact) mass is 717 g/mol. The third kappa shape index (κ3) is 9.44. The Morgan fingerprint density at radius 1 is 1.14 bits per heavy atom. The third-order valence-corrected chi connectivity index (χ3v) is 8.15. The number of aliphatic hydroxyl groups is 3. The van der Waals surface area contributed by atoms with E-state index >= 15 is 0 Å². The van der Waals surface area contributed by atoms with Crippen LogP contribution in [0.3, 0.4) is 0 Å². The van der Waals surface area contributed by atoms with Crippen molar-refractivity contribution in [1.29, 1.82) is 0 Å². The van der Waals surface area contributed by atoms with E-state index in [1.165, 1.54) is 21.0 Å². The Morgan fingerprint density at radius 3 is 2.38 bits per heavy atom. The van der Waals surface area contributed by atoms with Crippen molar-refractivity contribution in [3.05, 3.63) is 0 Å². The van der Waals surface area contributed by atoms with E-state index in [0.717, 1.165) is 11.8 Å². The van der Waals surface area contributed by atoms with Crippen molar-refractivity contribution in [2.24, 2.45) is 16.6 Å². The molecule has 23 heteroatoms. The number of carbonyl (C=O) groups excluding carboxylic acids is 6. The SMILES string of the molecule is CNCC(=O)N(C)[C@@H]1[C@@H](O)[C@H](OC(N)=O)[C@@H](COC(=O)C(CO)NC(=O)C(C)C(=O)NC(C)C(=O)O)O[C@H]1NC1=N[C@@H]2C(=O)NC[C@@H](O)[C@H]2N1. The van der Waals surface area contributed by atoms with Gasteiger partial charge in [-0.1, -0.05) is 0 Å². The standard InChI is InChI=1S/C27H43N9O14/c1-9(20(41)31-10(2)24(44)45)21(42)32-11(7-37)25(46)48-8-13-19(50-26(28)47)18(40)17(36(4)14(39)6-29-3)23(49-13)35-27-33-15-12(38)5-30-22(43)16(15)34-27/h9-13,15-19,23,29,37-38,40H,5-8H2,1-4H3,(H2,28,47)(H,30,43)(H,31,41)(H,32,42)(H,44,45)(H2,33,34,35)/t9?,10?,11?,12-,13-,15-,16+,17-,18-,19-,23-/m1/s1. The quantitative estimate of drug-likeness (QED) is 0.0587. The second-order valence-electron chi connectivity index (χ2n) is 11.7. The van der Waals surface area contributed by atoms with E-state index in [2.05, 4.69) is 36.9 Å². The van der Waals surface area contributed by atoms with Crippen LogP contribution in [0.1, 0.15) is 13.8 Å². The maximum atomic E-state index is 12.9. The largest absolute Gasteiger partial charge is 0.480 e. The normalized spacial score (nSPS) is 28.9. The zero-order chi connectivity index (χ0) is 37.4. The number of amides is 5. The molecule has 3 rings (SSSR count). The van der Waals surface area contributed by atoms with Gasteiger partial charge in [-0.2, -0.15) is 0 Å². The van der Waals surface area contributed by atoms with Gasteiger partial charge in [0, 0.05) is 13.6 Å². The average molecular weight is 718 g/mol. The van der Waals surface area contributed by atoms with Crippen molar-refractivity contribution in [2.75, 3.05) is 40.4 Å². The fourth-order valence-corrected chi connectivity index (χ4v) is 5.28. The van der Waals surface area contributed by atoms with Crippen LogP contribution in [0.2, 0.25) is 0 Å². The highest BCUT2D eigenvalue weighted by Crippen LogP contribution is 2.27. The van der Waals surface area contributed by atoms with Crippen LogP contribution in [-0.4, -0.2) is 174 Å². The van der Waals surface area contributed by atoms with Gasteiger partial charge >= 0.3 is 18.0 Å². The first kappa shape index (κ1) is 39.6. The number of esters is 1. The van der Waals surface area contributed by atoms with Crippen molar-refractivity contribution in [3.8, 4) is 0 Å². The summed E-state index contributed by atoms with van der Waals surface area (Å²) < 4.78 is 16.4. The first-order valence-electron chi connectivity index (χ1n) is 15.4. The number of primary amides is 1. The van der Waals surface area contributed by atoms with Crippen molar-refractivity contribution >= 4 is 47.6 Å². The molecule has 3 aliphatic heterocycles. The highest BCUT2D eigenvalue weighted by Gasteiger charge is 2.52. The number of piperidine rings is 1. The molecule has 0 radical (unpaired) electrons. The second-order valence-corrected chi connectivity index (χ2v) is 11.7. The highest BCUT2D eigenvalue weighted by molar-refractivity contribution is 6.02. The number of nitrogens with one attached hydrogen (secondary N) is 6. The Kier molecular flexibility index (Phi) is 13.6. The highest BCUT2D eigenvalue weighted by atomic mass is 16.6. The van der Waals surface area contributed by atoms with E-state index in [1.807, 2.05) is 0 Å². The lowest BCUT2D eigenvalue weighted by atomic mass is 9.94. The Hall–Kier alpha value is -4.84. The zero-order valence-corrected chi connectivity index (χ0v) is 27.5. The molecule has 0 aliphatic carbocycles. The molecule has 0 aromatic rings. The molecule has 0 saturated carbocycles. The minimum absolute atomic E-state index is 0.0385. The topological polar surface area (TPSA) is 342 Å². The Bertz CT molecular complexity index is 1350. The molecule has 50 heavy (non-hydrogen) atoms. The summed E-state index contributed by atoms with van der Waals surface area (Å²) in [5.41, 5.74) is 5.24. The summed E-state index contributed by atoms with van der Waals surface area (Å²) in [7, 11) is 2.83. The molecule has 3 unspecified atom stereocenters. The lowest BCUT2D eigenvalue weighted by Gasteiger charge is -2.47. The van der Waals surface area contributed by atoms with E-state index in [-0.39, 0.29) is 19.0 Å². The van der Waals surface area contributed by atoms with Gasteiger partial charge in [0.2, 0.25) is 23.6 Å². The van der Waals surface area contributed by atoms with E-state index < -0.39 is 122 Å². The zero-order valence-electron chi connectivity index (χ0n) is 27.5. The van der Waals surface area contributed by atoms with E-state index in [0.29, 0.717) is 0 Å². The molecule has 0 aromatic carbocycles. The van der Waals surface area contributed by atoms with E-state index in [1.54, 1.807) is 0 Å². The summed E-state index contributed by atoms with van der Waals surface area (Å²) in [5.74, 6) is -7.18. The van der Waals surface area contributed by atoms with Gasteiger partial charge in [0.05, 0.1) is 25.3 Å². The number of hydrogen-bond donors (Lipinski definition) is 11. The number of hydrogen-bond acceptors (Lipinski definition) is 17. The van der Waals surface area contributed by atoms with Gasteiger partial charge < -0.3 is 77.2 Å². The molecular formula is C27H43N9O14. The third-order valence-electron chi connectivity index (χ3n) is 8.15. The van der Waals surface area contributed by atoms with Crippen LogP contribution in [0.4, 0.5) is 4.79 Å². The number of aliphatic imine (C=N–C) groups is 1. The van der Waals surface area contributed by atoms with Gasteiger partial charge in [0.15, 0.2) is 30.4 Å². The molecule has 2 saturated heterocycles. The Balaban J connectivity index is 1.80. The molecule has 5 amide bonds. The fraction of sp³-hybridized carbons (Fsp3) is 0.704. The van der Waals surface area contributed by atoms with Crippen LogP contribution < -0.4 is 37.6 Å². The smallest absolute Gasteiger partial charge is 0.404 e. The molecule has 11 atom stereocenters. The minimum Gasteiger partial charge on any atom is -0.480 e. The van der Waals surface area contributed by atoms with Gasteiger partial charge in [-0.25, -0.2) is 14.6 Å². The summed E-state index contributed by atoms with van der Waals surface area (Å²) in [4.78, 5) is 91.2. The summed E-state index contributed by atoms with van der Waals surface area (Å²) in [6.07, 6.45) is -8.72. The first-order valence-corrected chi connectivity index (χ1v) is 15.4. The van der Waals surface area contributed by atoms with E-state index in [9.17, 15) is 48.9 Å². The van der Waals surface area contributed by atoms with Gasteiger partial charge in [-0.3, -0.25) is 24.0 Å². The number of ether oxygens (including phenoxy) is 3. The molecular weight excluding hydrogens is 674 g/mol. The second kappa shape index (κ2) is 17.2. The van der Waals surface area contributed by atoms with Crippen LogP contribution in [0.15, 0.2) is 4.99 Å². The van der Waals surface area contributed by atoms with Gasteiger partial charge in [0.1, 0.15) is 36.8 Å². The molecule has 0 spiro atoms. The van der Waals surface area contributed by atoms with Crippen LogP contribution in [0, 0.1) is 5.92 Å². The number of likely N-dealkylation sites (N-methyl/N-ethyl adjacent to an activating group) is 2. The van der Waals surface area contributed by atoms with Gasteiger partial charge in [-0.05, 0) is 20.9 Å². The van der Waals surface area contributed by atoms with Crippen LogP contribution in [0.25, 0.3) is 0 Å². The number of fused-ring (bicyclic) bond motifs is 1. The summed E-state index contributed by atoms with van der Waals surface area (Å²) >= 11 is 0. The van der Waals surface area contributed by atoms with Crippen molar-refractivity contribution in [3.63, 3.8) is 0 Å². The number of aliphatic hydroxyl groups excluding tert-OH is 3. The molecule has 3 aliphatic rings. The number of β-amino-alcohol motifs (C(OH)–C–C–N with tert-alkyl or cyclic N) is 1. The van der Waals surface area contributed by atoms with Crippen molar-refractivity contribution in [2.45, 2.75) is 74.7 Å². The summed E-state index contributed by atoms with van der Waals surface area (Å²) in [6, 6.07) is -6.23. The maximum Gasteiger partial charge on any atom is 0.404 e. The molecule has 23 nitrogen and oxygen atoms in total. The first-order chi connectivity index (χ1) is 23.5. The Labute approximate surface area is 284 Å². The number of carboxylic acids is 1. The molecule has 12 N–H and O–H groups in total. The lowest BCUT2D eigenvalue weighted by molar-refractivity contribution is -0.219.